The third-order valence-corrected chi connectivity index (χ3v) is 3.71. The van der Waals surface area contributed by atoms with E-state index in [1.54, 1.807) is 18.2 Å². The summed E-state index contributed by atoms with van der Waals surface area (Å²) in [7, 11) is 1.50. The summed E-state index contributed by atoms with van der Waals surface area (Å²) in [6.45, 7) is 0.0128. The highest BCUT2D eigenvalue weighted by molar-refractivity contribution is 9.10. The van der Waals surface area contributed by atoms with Gasteiger partial charge in [0, 0.05) is 17.1 Å². The molecule has 0 aliphatic heterocycles. The van der Waals surface area contributed by atoms with Crippen LogP contribution in [0.1, 0.15) is 5.56 Å². The average molecular weight is 369 g/mol. The quantitative estimate of drug-likeness (QED) is 0.746. The van der Waals surface area contributed by atoms with Crippen LogP contribution < -0.4 is 10.4 Å². The molecule has 0 amide bonds. The lowest BCUT2D eigenvalue weighted by atomic mass is 10.2. The Balaban J connectivity index is 1.99. The number of tetrazole rings is 1. The first kappa shape index (κ1) is 14.4. The van der Waals surface area contributed by atoms with E-state index in [0.717, 1.165) is 15.6 Å². The fourth-order valence-corrected chi connectivity index (χ4v) is 2.33. The average Bonchev–Trinajstić information content (AvgIpc) is 3.05. The van der Waals surface area contributed by atoms with Crippen molar-refractivity contribution in [2.75, 3.05) is 0 Å². The first-order chi connectivity index (χ1) is 10.6. The summed E-state index contributed by atoms with van der Waals surface area (Å²) in [4.78, 5) is 12.0. The molecule has 114 valence electrons. The molecule has 0 saturated heterocycles. The lowest BCUT2D eigenvalue weighted by Crippen LogP contribution is -2.23. The van der Waals surface area contributed by atoms with Crippen molar-refractivity contribution in [2.24, 2.45) is 7.05 Å². The van der Waals surface area contributed by atoms with Gasteiger partial charge < -0.3 is 4.74 Å². The number of H-pyrrole nitrogens is 1. The van der Waals surface area contributed by atoms with Gasteiger partial charge in [-0.1, -0.05) is 22.0 Å². The Morgan fingerprint density at radius 3 is 2.86 bits per heavy atom. The van der Waals surface area contributed by atoms with Crippen LogP contribution in [0.25, 0.3) is 5.69 Å². The van der Waals surface area contributed by atoms with Crippen LogP contribution in [-0.2, 0) is 13.7 Å². The number of ether oxygens (including phenoxy) is 1. The van der Waals surface area contributed by atoms with E-state index in [4.69, 9.17) is 4.74 Å². The summed E-state index contributed by atoms with van der Waals surface area (Å²) in [6, 6.07) is 5.23. The summed E-state index contributed by atoms with van der Waals surface area (Å²) in [5.41, 5.74) is 0.721. The Kier molecular flexibility index (Phi) is 3.75. The highest BCUT2D eigenvalue weighted by Gasteiger charge is 2.15. The van der Waals surface area contributed by atoms with E-state index in [2.05, 4.69) is 36.6 Å². The van der Waals surface area contributed by atoms with Gasteiger partial charge in [-0.3, -0.25) is 0 Å². The van der Waals surface area contributed by atoms with Crippen molar-refractivity contribution in [3.8, 4) is 11.6 Å². The Morgan fingerprint density at radius 2 is 2.23 bits per heavy atom. The molecule has 0 unspecified atom stereocenters. The van der Waals surface area contributed by atoms with Crippen LogP contribution in [0.15, 0.2) is 33.7 Å². The van der Waals surface area contributed by atoms with Crippen LogP contribution in [0.2, 0.25) is 0 Å². The molecule has 10 heteroatoms. The van der Waals surface area contributed by atoms with Crippen molar-refractivity contribution in [3.63, 3.8) is 0 Å². The van der Waals surface area contributed by atoms with Gasteiger partial charge in [0.2, 0.25) is 11.7 Å². The van der Waals surface area contributed by atoms with Gasteiger partial charge in [0.15, 0.2) is 0 Å². The van der Waals surface area contributed by atoms with Crippen molar-refractivity contribution >= 4 is 15.9 Å². The minimum absolute atomic E-state index is 0.0128. The van der Waals surface area contributed by atoms with Crippen molar-refractivity contribution in [1.29, 1.82) is 0 Å². The maximum atomic E-state index is 13.3. The Morgan fingerprint density at radius 1 is 1.41 bits per heavy atom. The molecule has 22 heavy (non-hydrogen) atoms. The minimum Gasteiger partial charge on any atom is -0.471 e. The number of halogens is 2. The second-order valence-corrected chi connectivity index (χ2v) is 5.22. The normalized spacial score (nSPS) is 10.9. The predicted octanol–water partition coefficient (Wildman–Crippen LogP) is 1.17. The molecule has 3 aromatic rings. The highest BCUT2D eigenvalue weighted by Crippen LogP contribution is 2.24. The molecule has 3 rings (SSSR count). The number of benzene rings is 1. The van der Waals surface area contributed by atoms with Crippen molar-refractivity contribution in [1.82, 2.24) is 30.0 Å². The molecule has 1 N–H and O–H groups in total. The molecule has 0 aliphatic rings. The summed E-state index contributed by atoms with van der Waals surface area (Å²) in [5, 5.41) is 13.4. The van der Waals surface area contributed by atoms with Crippen LogP contribution in [0.4, 0.5) is 4.39 Å². The predicted molar refractivity (Wildman–Crippen MR) is 77.2 cm³/mol. The number of rotatable bonds is 4. The lowest BCUT2D eigenvalue weighted by molar-refractivity contribution is 0.278. The van der Waals surface area contributed by atoms with Gasteiger partial charge in [0.1, 0.15) is 6.61 Å². The molecule has 0 bridgehead atoms. The molecular formula is C12H10BrFN6O2. The monoisotopic (exact) mass is 368 g/mol. The van der Waals surface area contributed by atoms with E-state index in [-0.39, 0.29) is 12.5 Å². The summed E-state index contributed by atoms with van der Waals surface area (Å²) in [5.74, 6) is -0.668. The first-order valence-corrected chi connectivity index (χ1v) is 6.95. The van der Waals surface area contributed by atoms with E-state index in [0.29, 0.717) is 15.7 Å². The fourth-order valence-electron chi connectivity index (χ4n) is 1.86. The minimum atomic E-state index is -0.592. The first-order valence-electron chi connectivity index (χ1n) is 6.16. The second-order valence-electron chi connectivity index (χ2n) is 4.37. The third-order valence-electron chi connectivity index (χ3n) is 2.97. The van der Waals surface area contributed by atoms with E-state index in [9.17, 15) is 9.18 Å². The smallest absolute Gasteiger partial charge is 0.368 e. The zero-order valence-corrected chi connectivity index (χ0v) is 12.9. The van der Waals surface area contributed by atoms with Gasteiger partial charge in [-0.05, 0) is 22.6 Å². The number of aromatic amines is 1. The van der Waals surface area contributed by atoms with Gasteiger partial charge in [0.05, 0.1) is 11.9 Å². The molecule has 2 aromatic heterocycles. The van der Waals surface area contributed by atoms with E-state index in [1.165, 1.54) is 7.05 Å². The Hall–Kier alpha value is -2.49. The molecular weight excluding hydrogens is 359 g/mol. The van der Waals surface area contributed by atoms with Crippen LogP contribution in [0.5, 0.6) is 5.88 Å². The second kappa shape index (κ2) is 5.72. The molecule has 1 aromatic carbocycles. The van der Waals surface area contributed by atoms with E-state index in [1.807, 2.05) is 0 Å². The largest absolute Gasteiger partial charge is 0.471 e. The zero-order chi connectivity index (χ0) is 15.7. The maximum absolute atomic E-state index is 13.3. The van der Waals surface area contributed by atoms with Gasteiger partial charge in [-0.25, -0.2) is 9.89 Å². The summed E-state index contributed by atoms with van der Waals surface area (Å²) >= 11 is 3.39. The number of aryl methyl sites for hydroxylation is 1. The highest BCUT2D eigenvalue weighted by atomic mass is 79.9. The number of nitrogens with zero attached hydrogens (tertiary/aromatic N) is 5. The maximum Gasteiger partial charge on any atom is 0.368 e. The van der Waals surface area contributed by atoms with Gasteiger partial charge in [0.25, 0.3) is 0 Å². The standard InChI is InChI=1S/C12H10BrFN6O2/c1-19-12(21)20(18-17-19)10-4-2-3-8(13)7(10)6-22-11-9(14)5-15-16-11/h2-5H,6H2,1H3,(H,15,16). The SMILES string of the molecule is Cn1nnn(-c2cccc(Br)c2COc2[nH]ncc2F)c1=O. The lowest BCUT2D eigenvalue weighted by Gasteiger charge is -2.11. The van der Waals surface area contributed by atoms with E-state index >= 15 is 0 Å². The van der Waals surface area contributed by atoms with Crippen LogP contribution in [0.3, 0.4) is 0 Å². The van der Waals surface area contributed by atoms with Gasteiger partial charge in [-0.15, -0.1) is 0 Å². The molecule has 0 radical (unpaired) electrons. The number of aromatic nitrogens is 6. The molecule has 0 atom stereocenters. The Labute approximate surface area is 131 Å². The fraction of sp³-hybridized carbons (Fsp3) is 0.167. The number of nitrogens with one attached hydrogen (secondary N) is 1. The van der Waals surface area contributed by atoms with Crippen LogP contribution in [-0.4, -0.2) is 30.0 Å². The summed E-state index contributed by atoms with van der Waals surface area (Å²) in [6.07, 6.45) is 1.02. The van der Waals surface area contributed by atoms with Crippen LogP contribution >= 0.6 is 15.9 Å². The molecule has 0 spiro atoms. The van der Waals surface area contributed by atoms with Gasteiger partial charge >= 0.3 is 5.69 Å². The molecule has 0 saturated carbocycles. The topological polar surface area (TPSA) is 90.6 Å². The number of hydrogen-bond donors (Lipinski definition) is 1. The van der Waals surface area contributed by atoms with E-state index < -0.39 is 11.5 Å². The van der Waals surface area contributed by atoms with Crippen molar-refractivity contribution in [2.45, 2.75) is 6.61 Å². The molecule has 8 nitrogen and oxygen atoms in total. The zero-order valence-electron chi connectivity index (χ0n) is 11.3. The molecule has 2 heterocycles. The third kappa shape index (κ3) is 2.52. The molecule has 0 fully saturated rings. The van der Waals surface area contributed by atoms with Crippen LogP contribution in [0, 0.1) is 5.82 Å². The van der Waals surface area contributed by atoms with Gasteiger partial charge in [-0.2, -0.15) is 18.9 Å². The molecule has 0 aliphatic carbocycles. The Bertz CT molecular complexity index is 871. The summed E-state index contributed by atoms with van der Waals surface area (Å²) < 4.78 is 21.6. The number of hydrogen-bond acceptors (Lipinski definition) is 5. The van der Waals surface area contributed by atoms with Crippen molar-refractivity contribution < 1.29 is 9.13 Å². The van der Waals surface area contributed by atoms with Crippen molar-refractivity contribution in [3.05, 3.63) is 50.7 Å².